The van der Waals surface area contributed by atoms with Crippen LogP contribution in [0.1, 0.15) is 25.3 Å². The zero-order valence-corrected chi connectivity index (χ0v) is 9.73. The topological polar surface area (TPSA) is 81.1 Å². The van der Waals surface area contributed by atoms with E-state index in [4.69, 9.17) is 11.5 Å². The largest absolute Gasteiger partial charge is 0.383 e. The van der Waals surface area contributed by atoms with Crippen LogP contribution in [-0.2, 0) is 4.79 Å². The van der Waals surface area contributed by atoms with E-state index in [1.807, 2.05) is 18.2 Å². The Morgan fingerprint density at radius 3 is 2.56 bits per heavy atom. The van der Waals surface area contributed by atoms with Crippen molar-refractivity contribution in [2.45, 2.75) is 25.8 Å². The van der Waals surface area contributed by atoms with Gasteiger partial charge in [-0.05, 0) is 17.5 Å². The molecule has 5 N–H and O–H groups in total. The van der Waals surface area contributed by atoms with E-state index in [0.717, 1.165) is 5.69 Å². The molecule has 0 aliphatic heterocycles. The molecule has 1 aromatic carbocycles. The molecule has 0 saturated heterocycles. The number of carbonyl (C=O) groups excluding carboxylic acids is 1. The quantitative estimate of drug-likeness (QED) is 0.694. The Morgan fingerprint density at radius 2 is 2.00 bits per heavy atom. The van der Waals surface area contributed by atoms with E-state index >= 15 is 0 Å². The number of primary amides is 1. The number of anilines is 1. The number of nitrogens with two attached hydrogens (primary N) is 2. The number of carbonyl (C=O) groups is 1. The Hall–Kier alpha value is -1.55. The van der Waals surface area contributed by atoms with Gasteiger partial charge in [-0.2, -0.15) is 0 Å². The molecule has 0 aliphatic carbocycles. The molecular formula is C12H19N3O. The normalized spacial score (nSPS) is 12.5. The summed E-state index contributed by atoms with van der Waals surface area (Å²) in [5.41, 5.74) is 12.9. The Balaban J connectivity index is 2.70. The Labute approximate surface area is 96.0 Å². The molecule has 1 aromatic rings. The SMILES string of the molecule is CC(C)c1ccccc1NCC(N)C(N)=O. The molecule has 0 fully saturated rings. The molecule has 0 aliphatic rings. The van der Waals surface area contributed by atoms with Gasteiger partial charge in [0, 0.05) is 12.2 Å². The van der Waals surface area contributed by atoms with E-state index in [-0.39, 0.29) is 0 Å². The van der Waals surface area contributed by atoms with Gasteiger partial charge in [0.15, 0.2) is 0 Å². The van der Waals surface area contributed by atoms with Crippen molar-refractivity contribution in [3.63, 3.8) is 0 Å². The zero-order valence-electron chi connectivity index (χ0n) is 9.73. The molecule has 1 amide bonds. The summed E-state index contributed by atoms with van der Waals surface area (Å²) >= 11 is 0. The maximum atomic E-state index is 10.8. The van der Waals surface area contributed by atoms with Gasteiger partial charge >= 0.3 is 0 Å². The molecule has 4 heteroatoms. The summed E-state index contributed by atoms with van der Waals surface area (Å²) in [5.74, 6) is -0.0666. The second-order valence-electron chi connectivity index (χ2n) is 4.13. The lowest BCUT2D eigenvalue weighted by Gasteiger charge is -2.16. The highest BCUT2D eigenvalue weighted by Gasteiger charge is 2.10. The second kappa shape index (κ2) is 5.51. The van der Waals surface area contributed by atoms with Gasteiger partial charge in [0.25, 0.3) is 0 Å². The van der Waals surface area contributed by atoms with E-state index in [1.54, 1.807) is 0 Å². The van der Waals surface area contributed by atoms with Crippen LogP contribution in [0.2, 0.25) is 0 Å². The van der Waals surface area contributed by atoms with E-state index in [1.165, 1.54) is 5.56 Å². The van der Waals surface area contributed by atoms with Crippen molar-refractivity contribution in [3.8, 4) is 0 Å². The first-order chi connectivity index (χ1) is 7.52. The number of para-hydroxylation sites is 1. The highest BCUT2D eigenvalue weighted by Crippen LogP contribution is 2.23. The lowest BCUT2D eigenvalue weighted by molar-refractivity contribution is -0.118. The van der Waals surface area contributed by atoms with Gasteiger partial charge in [-0.25, -0.2) is 0 Å². The molecule has 0 aromatic heterocycles. The van der Waals surface area contributed by atoms with Crippen molar-refractivity contribution in [1.29, 1.82) is 0 Å². The third-order valence-electron chi connectivity index (χ3n) is 2.46. The van der Waals surface area contributed by atoms with Crippen molar-refractivity contribution in [2.75, 3.05) is 11.9 Å². The smallest absolute Gasteiger partial charge is 0.236 e. The van der Waals surface area contributed by atoms with Gasteiger partial charge in [-0.15, -0.1) is 0 Å². The summed E-state index contributed by atoms with van der Waals surface area (Å²) in [4.78, 5) is 10.8. The molecule has 0 radical (unpaired) electrons. The summed E-state index contributed by atoms with van der Waals surface area (Å²) in [6.07, 6.45) is 0. The highest BCUT2D eigenvalue weighted by molar-refractivity contribution is 5.80. The van der Waals surface area contributed by atoms with Gasteiger partial charge in [0.1, 0.15) is 6.04 Å². The van der Waals surface area contributed by atoms with Crippen molar-refractivity contribution in [2.24, 2.45) is 11.5 Å². The summed E-state index contributed by atoms with van der Waals surface area (Å²) in [6.45, 7) is 4.60. The number of hydrogen-bond acceptors (Lipinski definition) is 3. The molecule has 1 unspecified atom stereocenters. The van der Waals surface area contributed by atoms with Crippen LogP contribution in [-0.4, -0.2) is 18.5 Å². The van der Waals surface area contributed by atoms with E-state index < -0.39 is 11.9 Å². The summed E-state index contributed by atoms with van der Waals surface area (Å²) in [5, 5.41) is 3.15. The van der Waals surface area contributed by atoms with Crippen LogP contribution >= 0.6 is 0 Å². The molecule has 0 bridgehead atoms. The molecule has 16 heavy (non-hydrogen) atoms. The molecule has 4 nitrogen and oxygen atoms in total. The molecule has 0 spiro atoms. The lowest BCUT2D eigenvalue weighted by atomic mass is 10.0. The fraction of sp³-hybridized carbons (Fsp3) is 0.417. The molecule has 88 valence electrons. The third kappa shape index (κ3) is 3.24. The van der Waals surface area contributed by atoms with Crippen LogP contribution in [0.4, 0.5) is 5.69 Å². The van der Waals surface area contributed by atoms with Crippen LogP contribution in [0.25, 0.3) is 0 Å². The van der Waals surface area contributed by atoms with Crippen molar-refractivity contribution < 1.29 is 4.79 Å². The average molecular weight is 221 g/mol. The van der Waals surface area contributed by atoms with Gasteiger partial charge < -0.3 is 16.8 Å². The van der Waals surface area contributed by atoms with E-state index in [0.29, 0.717) is 12.5 Å². The summed E-state index contributed by atoms with van der Waals surface area (Å²) in [6, 6.07) is 7.32. The number of nitrogens with one attached hydrogen (secondary N) is 1. The van der Waals surface area contributed by atoms with Crippen LogP contribution in [0.5, 0.6) is 0 Å². The van der Waals surface area contributed by atoms with E-state index in [9.17, 15) is 4.79 Å². The number of benzene rings is 1. The van der Waals surface area contributed by atoms with Crippen LogP contribution in [0.3, 0.4) is 0 Å². The Bertz CT molecular complexity index is 363. The minimum Gasteiger partial charge on any atom is -0.383 e. The van der Waals surface area contributed by atoms with Crippen LogP contribution in [0, 0.1) is 0 Å². The van der Waals surface area contributed by atoms with Crippen LogP contribution < -0.4 is 16.8 Å². The first-order valence-electron chi connectivity index (χ1n) is 5.40. The molecule has 0 heterocycles. The molecular weight excluding hydrogens is 202 g/mol. The zero-order chi connectivity index (χ0) is 12.1. The third-order valence-corrected chi connectivity index (χ3v) is 2.46. The van der Waals surface area contributed by atoms with Gasteiger partial charge in [-0.3, -0.25) is 4.79 Å². The summed E-state index contributed by atoms with van der Waals surface area (Å²) < 4.78 is 0. The lowest BCUT2D eigenvalue weighted by Crippen LogP contribution is -2.41. The Morgan fingerprint density at radius 1 is 1.38 bits per heavy atom. The number of rotatable bonds is 5. The average Bonchev–Trinajstić information content (AvgIpc) is 2.25. The van der Waals surface area contributed by atoms with Crippen LogP contribution in [0.15, 0.2) is 24.3 Å². The summed E-state index contributed by atoms with van der Waals surface area (Å²) in [7, 11) is 0. The van der Waals surface area contributed by atoms with Gasteiger partial charge in [-0.1, -0.05) is 32.0 Å². The molecule has 1 atom stereocenters. The van der Waals surface area contributed by atoms with Gasteiger partial charge in [0.2, 0.25) is 5.91 Å². The molecule has 1 rings (SSSR count). The Kier molecular flexibility index (Phi) is 4.31. The maximum absolute atomic E-state index is 10.8. The van der Waals surface area contributed by atoms with Crippen molar-refractivity contribution in [3.05, 3.63) is 29.8 Å². The number of hydrogen-bond donors (Lipinski definition) is 3. The fourth-order valence-corrected chi connectivity index (χ4v) is 1.48. The predicted molar refractivity (Wildman–Crippen MR) is 66.2 cm³/mol. The number of amides is 1. The standard InChI is InChI=1S/C12H19N3O/c1-8(2)9-5-3-4-6-11(9)15-7-10(13)12(14)16/h3-6,8,10,15H,7,13H2,1-2H3,(H2,14,16). The monoisotopic (exact) mass is 221 g/mol. The van der Waals surface area contributed by atoms with Crippen molar-refractivity contribution in [1.82, 2.24) is 0 Å². The van der Waals surface area contributed by atoms with Crippen molar-refractivity contribution >= 4 is 11.6 Å². The minimum absolute atomic E-state index is 0.360. The van der Waals surface area contributed by atoms with E-state index in [2.05, 4.69) is 25.2 Å². The first-order valence-corrected chi connectivity index (χ1v) is 5.40. The fourth-order valence-electron chi connectivity index (χ4n) is 1.48. The molecule has 0 saturated carbocycles. The van der Waals surface area contributed by atoms with Gasteiger partial charge in [0.05, 0.1) is 0 Å². The first kappa shape index (κ1) is 12.5. The predicted octanol–water partition coefficient (Wildman–Crippen LogP) is 1.03. The maximum Gasteiger partial charge on any atom is 0.236 e. The second-order valence-corrected chi connectivity index (χ2v) is 4.13. The highest BCUT2D eigenvalue weighted by atomic mass is 16.1. The minimum atomic E-state index is -0.653.